The fourth-order valence-corrected chi connectivity index (χ4v) is 6.00. The summed E-state index contributed by atoms with van der Waals surface area (Å²) >= 11 is 0. The third-order valence-corrected chi connectivity index (χ3v) is 7.01. The van der Waals surface area contributed by atoms with Crippen LogP contribution in [0.15, 0.2) is 40.9 Å². The van der Waals surface area contributed by atoms with E-state index in [9.17, 15) is 4.79 Å². The number of allylic oxidation sites excluding steroid dienone is 1. The van der Waals surface area contributed by atoms with E-state index >= 15 is 0 Å². The van der Waals surface area contributed by atoms with Gasteiger partial charge in [-0.1, -0.05) is 29.8 Å². The number of carbonyl (C=O) groups excluding carboxylic acids is 1. The number of hydrogen-bond acceptors (Lipinski definition) is 5. The Morgan fingerprint density at radius 2 is 2.15 bits per heavy atom. The van der Waals surface area contributed by atoms with Crippen molar-refractivity contribution in [3.05, 3.63) is 41.5 Å². The molecule has 4 aliphatic rings. The number of ether oxygens (including phenoxy) is 2. The summed E-state index contributed by atoms with van der Waals surface area (Å²) in [5.41, 5.74) is 4.22. The monoisotopic (exact) mass is 352 g/mol. The number of carbonyl (C=O) groups is 1. The van der Waals surface area contributed by atoms with E-state index < -0.39 is 5.41 Å². The number of hydrogen-bond donors (Lipinski definition) is 0. The minimum absolute atomic E-state index is 0.0199. The molecule has 2 saturated heterocycles. The average Bonchev–Trinajstić information content (AvgIpc) is 3.02. The second kappa shape index (κ2) is 5.51. The molecule has 26 heavy (non-hydrogen) atoms. The molecule has 1 aromatic carbocycles. The summed E-state index contributed by atoms with van der Waals surface area (Å²) in [5, 5.41) is 0. The number of aliphatic imine (C=N–C) groups is 1. The lowest BCUT2D eigenvalue weighted by Gasteiger charge is -2.61. The molecule has 0 N–H and O–H groups in total. The molecule has 5 nitrogen and oxygen atoms in total. The summed E-state index contributed by atoms with van der Waals surface area (Å²) < 4.78 is 11.3. The fourth-order valence-electron chi connectivity index (χ4n) is 6.00. The second-order valence-electron chi connectivity index (χ2n) is 7.77. The molecular formula is C21H24N2O3. The summed E-state index contributed by atoms with van der Waals surface area (Å²) in [7, 11) is 3.28. The van der Waals surface area contributed by atoms with Crippen molar-refractivity contribution in [2.45, 2.75) is 37.5 Å². The molecule has 1 aromatic rings. The third-order valence-electron chi connectivity index (χ3n) is 7.01. The van der Waals surface area contributed by atoms with Crippen molar-refractivity contribution in [3.8, 4) is 0 Å². The van der Waals surface area contributed by atoms with Crippen molar-refractivity contribution >= 4 is 17.4 Å². The summed E-state index contributed by atoms with van der Waals surface area (Å²) in [6, 6.07) is 8.51. The lowest BCUT2D eigenvalue weighted by atomic mass is 9.50. The van der Waals surface area contributed by atoms with Crippen LogP contribution < -0.4 is 0 Å². The van der Waals surface area contributed by atoms with Gasteiger partial charge in [0.2, 0.25) is 0 Å². The van der Waals surface area contributed by atoms with Gasteiger partial charge in [-0.25, -0.2) is 0 Å². The van der Waals surface area contributed by atoms with Gasteiger partial charge in [-0.05, 0) is 30.9 Å². The molecule has 136 valence electrons. The van der Waals surface area contributed by atoms with Crippen LogP contribution in [0.2, 0.25) is 0 Å². The zero-order chi connectivity index (χ0) is 18.1. The lowest BCUT2D eigenvalue weighted by Crippen LogP contribution is -2.71. The molecule has 0 aromatic heterocycles. The average molecular weight is 352 g/mol. The van der Waals surface area contributed by atoms with Crippen molar-refractivity contribution in [1.82, 2.24) is 4.90 Å². The minimum Gasteiger partial charge on any atom is -0.469 e. The summed E-state index contributed by atoms with van der Waals surface area (Å²) in [5.74, 6) is -0.156. The molecule has 3 aliphatic heterocycles. The maximum absolute atomic E-state index is 13.1. The molecule has 3 fully saturated rings. The molecule has 0 spiro atoms. The van der Waals surface area contributed by atoms with Gasteiger partial charge in [0.05, 0.1) is 30.2 Å². The number of para-hydroxylation sites is 1. The van der Waals surface area contributed by atoms with E-state index in [1.165, 1.54) is 18.2 Å². The Balaban J connectivity index is 1.80. The molecule has 1 saturated carbocycles. The first-order chi connectivity index (χ1) is 12.7. The highest BCUT2D eigenvalue weighted by Crippen LogP contribution is 2.61. The molecule has 5 atom stereocenters. The Morgan fingerprint density at radius 1 is 1.35 bits per heavy atom. The van der Waals surface area contributed by atoms with Crippen molar-refractivity contribution in [2.75, 3.05) is 20.8 Å². The first kappa shape index (κ1) is 16.2. The zero-order valence-electron chi connectivity index (χ0n) is 15.4. The first-order valence-electron chi connectivity index (χ1n) is 9.35. The van der Waals surface area contributed by atoms with Gasteiger partial charge in [-0.3, -0.25) is 14.7 Å². The molecule has 3 heterocycles. The Hall–Kier alpha value is -1.98. The van der Waals surface area contributed by atoms with Crippen LogP contribution in [0.25, 0.3) is 0 Å². The SMILES string of the molecule is C/C=C1/CN2[C@H](OC)C[C@]34C(=Nc5ccccc53)[C@@H]2C[C@@H]1[C@H]4C(=O)OC. The van der Waals surface area contributed by atoms with Gasteiger partial charge in [0.15, 0.2) is 0 Å². The Bertz CT molecular complexity index is 845. The van der Waals surface area contributed by atoms with Crippen LogP contribution in [0.5, 0.6) is 0 Å². The topological polar surface area (TPSA) is 51.1 Å². The maximum atomic E-state index is 13.1. The van der Waals surface area contributed by atoms with Crippen LogP contribution in [0.1, 0.15) is 25.3 Å². The number of esters is 1. The largest absolute Gasteiger partial charge is 0.469 e. The van der Waals surface area contributed by atoms with Crippen molar-refractivity contribution in [3.63, 3.8) is 0 Å². The lowest BCUT2D eigenvalue weighted by molar-refractivity contribution is -0.158. The quantitative estimate of drug-likeness (QED) is 0.607. The smallest absolute Gasteiger partial charge is 0.310 e. The summed E-state index contributed by atoms with van der Waals surface area (Å²) in [6.45, 7) is 2.91. The predicted molar refractivity (Wildman–Crippen MR) is 98.5 cm³/mol. The number of piperidine rings is 2. The number of nitrogens with zero attached hydrogens (tertiary/aromatic N) is 2. The fraction of sp³-hybridized carbons (Fsp3) is 0.524. The molecule has 1 aliphatic carbocycles. The zero-order valence-corrected chi connectivity index (χ0v) is 15.4. The van der Waals surface area contributed by atoms with Crippen LogP contribution >= 0.6 is 0 Å². The number of rotatable bonds is 2. The Labute approximate surface area is 153 Å². The van der Waals surface area contributed by atoms with E-state index in [0.29, 0.717) is 0 Å². The number of benzene rings is 1. The molecule has 3 bridgehead atoms. The van der Waals surface area contributed by atoms with Crippen LogP contribution in [-0.2, 0) is 19.7 Å². The van der Waals surface area contributed by atoms with Crippen molar-refractivity contribution in [1.29, 1.82) is 0 Å². The summed E-state index contributed by atoms with van der Waals surface area (Å²) in [6.07, 6.45) is 3.82. The highest BCUT2D eigenvalue weighted by molar-refractivity contribution is 6.09. The van der Waals surface area contributed by atoms with Crippen LogP contribution in [0.3, 0.4) is 0 Å². The number of methoxy groups -OCH3 is 2. The number of fused-ring (bicyclic) bond motifs is 2. The summed E-state index contributed by atoms with van der Waals surface area (Å²) in [4.78, 5) is 20.6. The minimum atomic E-state index is -0.414. The van der Waals surface area contributed by atoms with Gasteiger partial charge in [-0.2, -0.15) is 0 Å². The van der Waals surface area contributed by atoms with E-state index in [4.69, 9.17) is 14.5 Å². The van der Waals surface area contributed by atoms with Gasteiger partial charge < -0.3 is 9.47 Å². The van der Waals surface area contributed by atoms with Crippen LogP contribution in [0, 0.1) is 11.8 Å². The third kappa shape index (κ3) is 1.78. The van der Waals surface area contributed by atoms with E-state index in [0.717, 1.165) is 30.8 Å². The van der Waals surface area contributed by atoms with Gasteiger partial charge in [0.1, 0.15) is 6.23 Å². The van der Waals surface area contributed by atoms with Crippen LogP contribution in [0.4, 0.5) is 5.69 Å². The maximum Gasteiger partial charge on any atom is 0.310 e. The molecule has 0 unspecified atom stereocenters. The van der Waals surface area contributed by atoms with E-state index in [-0.39, 0.29) is 30.1 Å². The molecule has 0 amide bonds. The normalized spacial score (nSPS) is 38.7. The van der Waals surface area contributed by atoms with E-state index in [1.54, 1.807) is 7.11 Å². The van der Waals surface area contributed by atoms with Gasteiger partial charge in [-0.15, -0.1) is 0 Å². The molecule has 0 radical (unpaired) electrons. The molecule has 5 heteroatoms. The highest BCUT2D eigenvalue weighted by atomic mass is 16.5. The second-order valence-corrected chi connectivity index (χ2v) is 7.77. The van der Waals surface area contributed by atoms with Crippen molar-refractivity contribution < 1.29 is 14.3 Å². The van der Waals surface area contributed by atoms with Gasteiger partial charge in [0.25, 0.3) is 0 Å². The van der Waals surface area contributed by atoms with Gasteiger partial charge in [0, 0.05) is 25.8 Å². The Kier molecular flexibility index (Phi) is 3.43. The van der Waals surface area contributed by atoms with E-state index in [2.05, 4.69) is 36.1 Å². The highest BCUT2D eigenvalue weighted by Gasteiger charge is 2.67. The van der Waals surface area contributed by atoms with Crippen molar-refractivity contribution in [2.24, 2.45) is 16.8 Å². The standard InChI is InChI=1S/C21H24N2O3/c1-4-12-11-23-16-9-13(12)18(20(24)26-3)21(10-17(23)25-2)14-7-5-6-8-15(14)22-19(16)21/h4-8,13,16-18H,9-11H2,1-3H3/b12-4-/t13-,16-,17+,18-,21-/m0/s1. The van der Waals surface area contributed by atoms with Gasteiger partial charge >= 0.3 is 5.97 Å². The van der Waals surface area contributed by atoms with E-state index in [1.807, 2.05) is 6.07 Å². The first-order valence-corrected chi connectivity index (χ1v) is 9.35. The molecular weight excluding hydrogens is 328 g/mol. The van der Waals surface area contributed by atoms with Crippen LogP contribution in [-0.4, -0.2) is 49.6 Å². The Morgan fingerprint density at radius 3 is 2.88 bits per heavy atom. The predicted octanol–water partition coefficient (Wildman–Crippen LogP) is 2.83. The molecule has 5 rings (SSSR count).